The molecule has 1 N–H and O–H groups in total. The number of rotatable bonds is 13. The lowest BCUT2D eigenvalue weighted by molar-refractivity contribution is 0.0933. The van der Waals surface area contributed by atoms with E-state index in [9.17, 15) is 14.4 Å². The molecule has 0 spiro atoms. The summed E-state index contributed by atoms with van der Waals surface area (Å²) in [5.74, 6) is 1.85. The quantitative estimate of drug-likeness (QED) is 0.176. The molecule has 4 aromatic rings. The zero-order valence-electron chi connectivity index (χ0n) is 30.5. The fraction of sp³-hybridized carbons (Fsp3) is 0.308. The van der Waals surface area contributed by atoms with Crippen molar-refractivity contribution < 1.29 is 52.2 Å². The zero-order valence-corrected chi connectivity index (χ0v) is 30.5. The number of methoxy groups -OCH3 is 9. The summed E-state index contributed by atoms with van der Waals surface area (Å²) >= 11 is 0. The second-order valence-electron chi connectivity index (χ2n) is 11.5. The highest BCUT2D eigenvalue weighted by Crippen LogP contribution is 2.50. The summed E-state index contributed by atoms with van der Waals surface area (Å²) in [6.45, 7) is 0. The molecular weight excluding hydrogens is 674 g/mol. The Morgan fingerprint density at radius 2 is 1.06 bits per heavy atom. The Balaban J connectivity index is 1.73. The van der Waals surface area contributed by atoms with E-state index in [1.165, 1.54) is 88.3 Å². The Labute approximate surface area is 301 Å². The summed E-state index contributed by atoms with van der Waals surface area (Å²) in [5, 5.41) is 3.10. The lowest BCUT2D eigenvalue weighted by Gasteiger charge is -2.20. The monoisotopic (exact) mass is 715 g/mol. The van der Waals surface area contributed by atoms with Crippen LogP contribution in [0.3, 0.4) is 0 Å². The molecule has 0 saturated carbocycles. The third-order valence-corrected chi connectivity index (χ3v) is 8.94. The second kappa shape index (κ2) is 15.8. The lowest BCUT2D eigenvalue weighted by atomic mass is 9.95. The van der Waals surface area contributed by atoms with Gasteiger partial charge in [-0.05, 0) is 72.0 Å². The predicted octanol–water partition coefficient (Wildman–Crippen LogP) is 5.44. The molecule has 0 aliphatic heterocycles. The highest BCUT2D eigenvalue weighted by molar-refractivity contribution is 6.09. The number of ether oxygens (including phenoxy) is 9. The van der Waals surface area contributed by atoms with Crippen molar-refractivity contribution >= 4 is 11.7 Å². The van der Waals surface area contributed by atoms with Crippen molar-refractivity contribution in [3.8, 4) is 62.9 Å². The van der Waals surface area contributed by atoms with E-state index in [1.807, 2.05) is 6.07 Å². The molecule has 52 heavy (non-hydrogen) atoms. The Bertz CT molecular complexity index is 2030. The average Bonchev–Trinajstić information content (AvgIpc) is 3.43. The van der Waals surface area contributed by atoms with Gasteiger partial charge in [0.1, 0.15) is 0 Å². The molecule has 1 amide bonds. The van der Waals surface area contributed by atoms with Gasteiger partial charge in [0.15, 0.2) is 45.7 Å². The molecule has 0 saturated heterocycles. The summed E-state index contributed by atoms with van der Waals surface area (Å²) in [5.41, 5.74) is 2.12. The van der Waals surface area contributed by atoms with Gasteiger partial charge in [-0.3, -0.25) is 14.4 Å². The van der Waals surface area contributed by atoms with Gasteiger partial charge < -0.3 is 47.9 Å². The van der Waals surface area contributed by atoms with Crippen molar-refractivity contribution in [3.63, 3.8) is 0 Å². The van der Waals surface area contributed by atoms with Crippen LogP contribution in [0.25, 0.3) is 11.1 Å². The minimum atomic E-state index is -0.708. The van der Waals surface area contributed by atoms with Gasteiger partial charge in [-0.15, -0.1) is 0 Å². The maximum atomic E-state index is 14.1. The number of carbonyl (C=O) groups is 2. The first-order chi connectivity index (χ1) is 25.1. The van der Waals surface area contributed by atoms with Gasteiger partial charge in [0, 0.05) is 16.7 Å². The van der Waals surface area contributed by atoms with Crippen LogP contribution in [0.4, 0.5) is 0 Å². The molecule has 0 heterocycles. The standard InChI is InChI=1S/C39H41NO12/c1-44-28-15-21(16-29(45-2)35(28)49-6)34(42)24-12-11-23-25(19-27(24)41)26(13-10-20-14-32(48-5)37(51-8)38(52-9)33(20)23)40-39(43)22-17-30(46-3)36(50-7)31(18-22)47-4/h11-12,14-19,26H,10,13H2,1-9H3,(H,40,43)/t26-/m0/s1. The van der Waals surface area contributed by atoms with Crippen LogP contribution in [0.15, 0.2) is 53.3 Å². The Morgan fingerprint density at radius 1 is 0.577 bits per heavy atom. The van der Waals surface area contributed by atoms with Gasteiger partial charge in [0.2, 0.25) is 17.2 Å². The maximum absolute atomic E-state index is 14.1. The van der Waals surface area contributed by atoms with E-state index < -0.39 is 23.2 Å². The first-order valence-electron chi connectivity index (χ1n) is 16.1. The van der Waals surface area contributed by atoms with Gasteiger partial charge in [0.05, 0.1) is 75.6 Å². The van der Waals surface area contributed by atoms with E-state index >= 15 is 0 Å². The van der Waals surface area contributed by atoms with Crippen LogP contribution in [0.2, 0.25) is 0 Å². The first kappa shape index (κ1) is 37.2. The minimum Gasteiger partial charge on any atom is -0.493 e. The predicted molar refractivity (Wildman–Crippen MR) is 192 cm³/mol. The molecule has 0 unspecified atom stereocenters. The molecule has 13 nitrogen and oxygen atoms in total. The van der Waals surface area contributed by atoms with E-state index in [0.717, 1.165) is 5.56 Å². The minimum absolute atomic E-state index is 0.127. The normalized spacial score (nSPS) is 13.0. The summed E-state index contributed by atoms with van der Waals surface area (Å²) in [6.07, 6.45) is 0.824. The highest BCUT2D eigenvalue weighted by Gasteiger charge is 2.31. The van der Waals surface area contributed by atoms with Crippen LogP contribution in [-0.2, 0) is 6.42 Å². The number of carbonyl (C=O) groups excluding carboxylic acids is 2. The van der Waals surface area contributed by atoms with Gasteiger partial charge in [0.25, 0.3) is 5.91 Å². The Hall–Kier alpha value is -6.11. The van der Waals surface area contributed by atoms with Gasteiger partial charge in [-0.25, -0.2) is 0 Å². The Kier molecular flexibility index (Phi) is 11.3. The highest BCUT2D eigenvalue weighted by atomic mass is 16.5. The molecule has 1 aliphatic carbocycles. The van der Waals surface area contributed by atoms with Gasteiger partial charge in [-0.1, -0.05) is 6.07 Å². The van der Waals surface area contributed by atoms with Crippen molar-refractivity contribution in [2.45, 2.75) is 18.9 Å². The van der Waals surface area contributed by atoms with E-state index in [4.69, 9.17) is 42.6 Å². The fourth-order valence-electron chi connectivity index (χ4n) is 6.47. The summed E-state index contributed by atoms with van der Waals surface area (Å²) in [7, 11) is 13.2. The van der Waals surface area contributed by atoms with E-state index in [2.05, 4.69) is 5.32 Å². The van der Waals surface area contributed by atoms with Crippen LogP contribution in [0.1, 0.15) is 49.9 Å². The average molecular weight is 716 g/mol. The number of hydrogen-bond donors (Lipinski definition) is 1. The second-order valence-corrected chi connectivity index (χ2v) is 11.5. The number of fused-ring (bicyclic) bond motifs is 3. The van der Waals surface area contributed by atoms with Crippen LogP contribution in [0.5, 0.6) is 51.7 Å². The van der Waals surface area contributed by atoms with Crippen LogP contribution < -0.4 is 53.4 Å². The molecule has 1 aliphatic rings. The molecule has 1 atom stereocenters. The van der Waals surface area contributed by atoms with Crippen LogP contribution in [0, 0.1) is 0 Å². The summed E-state index contributed by atoms with van der Waals surface area (Å²) in [6, 6.07) is 11.7. The number of hydrogen-bond acceptors (Lipinski definition) is 12. The number of aryl methyl sites for hydroxylation is 1. The van der Waals surface area contributed by atoms with Crippen molar-refractivity contribution in [2.24, 2.45) is 0 Å². The SMILES string of the molecule is COc1cc(C(=O)N[C@H]2CCc3cc(OC)c(OC)c(OC)c3-c3ccc(C(=O)c4cc(OC)c(OC)c(OC)c4)c(=O)cc32)cc(OC)c1OC. The molecule has 0 radical (unpaired) electrons. The van der Waals surface area contributed by atoms with Crippen molar-refractivity contribution in [1.29, 1.82) is 0 Å². The third kappa shape index (κ3) is 6.69. The smallest absolute Gasteiger partial charge is 0.252 e. The largest absolute Gasteiger partial charge is 0.493 e. The number of amides is 1. The summed E-state index contributed by atoms with van der Waals surface area (Å²) in [4.78, 5) is 42.2. The van der Waals surface area contributed by atoms with Gasteiger partial charge >= 0.3 is 0 Å². The van der Waals surface area contributed by atoms with E-state index in [1.54, 1.807) is 18.2 Å². The number of nitrogens with one attached hydrogen (secondary N) is 1. The molecule has 13 heteroatoms. The molecule has 274 valence electrons. The molecule has 4 aromatic carbocycles. The summed E-state index contributed by atoms with van der Waals surface area (Å²) < 4.78 is 50.0. The molecule has 0 fully saturated rings. The Morgan fingerprint density at radius 3 is 1.54 bits per heavy atom. The molecular formula is C39H41NO12. The third-order valence-electron chi connectivity index (χ3n) is 8.94. The fourth-order valence-corrected chi connectivity index (χ4v) is 6.47. The van der Waals surface area contributed by atoms with Crippen LogP contribution >= 0.6 is 0 Å². The van der Waals surface area contributed by atoms with Gasteiger partial charge in [-0.2, -0.15) is 0 Å². The maximum Gasteiger partial charge on any atom is 0.252 e. The molecule has 0 aromatic heterocycles. The zero-order chi connectivity index (χ0) is 37.7. The number of benzene rings is 3. The van der Waals surface area contributed by atoms with Crippen molar-refractivity contribution in [1.82, 2.24) is 5.32 Å². The van der Waals surface area contributed by atoms with Crippen LogP contribution in [-0.4, -0.2) is 75.7 Å². The molecule has 0 bridgehead atoms. The molecule has 5 rings (SSSR count). The topological polar surface area (TPSA) is 146 Å². The van der Waals surface area contributed by atoms with Crippen molar-refractivity contribution in [3.05, 3.63) is 86.6 Å². The van der Waals surface area contributed by atoms with Crippen molar-refractivity contribution in [2.75, 3.05) is 64.0 Å². The number of ketones is 1. The van der Waals surface area contributed by atoms with E-state index in [0.29, 0.717) is 69.8 Å². The van der Waals surface area contributed by atoms with E-state index in [-0.39, 0.29) is 28.2 Å². The lowest BCUT2D eigenvalue weighted by Crippen LogP contribution is -2.29. The first-order valence-corrected chi connectivity index (χ1v) is 16.1.